The van der Waals surface area contributed by atoms with Gasteiger partial charge in [-0.1, -0.05) is 13.0 Å². The van der Waals surface area contributed by atoms with Crippen molar-refractivity contribution in [1.82, 2.24) is 10.6 Å². The van der Waals surface area contributed by atoms with Gasteiger partial charge in [-0.25, -0.2) is 0 Å². The molecular weight excluding hydrogens is 274 g/mol. The summed E-state index contributed by atoms with van der Waals surface area (Å²) in [5.41, 5.74) is 1.21. The van der Waals surface area contributed by atoms with Gasteiger partial charge in [0.25, 0.3) is 5.91 Å². The summed E-state index contributed by atoms with van der Waals surface area (Å²) in [6.07, 6.45) is 0.896. The molecule has 0 radical (unpaired) electrons. The normalized spacial score (nSPS) is 17.8. The van der Waals surface area contributed by atoms with E-state index in [9.17, 15) is 9.59 Å². The molecule has 1 aromatic carbocycles. The van der Waals surface area contributed by atoms with Crippen LogP contribution in [0.3, 0.4) is 0 Å². The van der Waals surface area contributed by atoms with Crippen molar-refractivity contribution in [3.63, 3.8) is 0 Å². The van der Waals surface area contributed by atoms with Gasteiger partial charge in [0.1, 0.15) is 0 Å². The lowest BCUT2D eigenvalue weighted by Crippen LogP contribution is -2.37. The predicted molar refractivity (Wildman–Crippen MR) is 81.9 cm³/mol. The fraction of sp³-hybridized carbons (Fsp3) is 0.429. The molecule has 0 bridgehead atoms. The van der Waals surface area contributed by atoms with Crippen LogP contribution in [0.2, 0.25) is 0 Å². The summed E-state index contributed by atoms with van der Waals surface area (Å²) in [5, 5.41) is 8.77. The van der Waals surface area contributed by atoms with Crippen molar-refractivity contribution in [1.29, 1.82) is 0 Å². The van der Waals surface area contributed by atoms with Crippen LogP contribution >= 0.6 is 11.8 Å². The third-order valence-corrected chi connectivity index (χ3v) is 3.90. The first kappa shape index (κ1) is 14.9. The minimum absolute atomic E-state index is 0.0545. The fourth-order valence-electron chi connectivity index (χ4n) is 1.87. The first-order chi connectivity index (χ1) is 9.70. The molecule has 0 spiro atoms. The summed E-state index contributed by atoms with van der Waals surface area (Å²) in [6, 6.07) is 6.84. The van der Waals surface area contributed by atoms with Crippen LogP contribution in [0.1, 0.15) is 23.7 Å². The van der Waals surface area contributed by atoms with E-state index in [4.69, 9.17) is 0 Å². The highest BCUT2D eigenvalue weighted by Gasteiger charge is 2.22. The Morgan fingerprint density at radius 1 is 1.45 bits per heavy atom. The molecule has 1 fully saturated rings. The Morgan fingerprint density at radius 3 is 3.00 bits per heavy atom. The zero-order chi connectivity index (χ0) is 14.4. The van der Waals surface area contributed by atoms with E-state index in [0.717, 1.165) is 18.1 Å². The van der Waals surface area contributed by atoms with Gasteiger partial charge in [-0.2, -0.15) is 0 Å². The molecule has 2 rings (SSSR count). The molecule has 108 valence electrons. The zero-order valence-electron chi connectivity index (χ0n) is 11.4. The molecule has 20 heavy (non-hydrogen) atoms. The Balaban J connectivity index is 1.98. The highest BCUT2D eigenvalue weighted by molar-refractivity contribution is 7.99. The van der Waals surface area contributed by atoms with Crippen molar-refractivity contribution in [3.05, 3.63) is 29.8 Å². The topological polar surface area (TPSA) is 70.2 Å². The van der Waals surface area contributed by atoms with E-state index in [1.54, 1.807) is 36.0 Å². The van der Waals surface area contributed by atoms with Crippen LogP contribution in [0.4, 0.5) is 5.69 Å². The molecule has 5 nitrogen and oxygen atoms in total. The standard InChI is InChI=1S/C14H19N3O2S/c1-2-6-15-13(18)10-4-3-5-11(7-10)17-14(19)12-8-20-9-16-12/h3-5,7,12,16H,2,6,8-9H2,1H3,(H,15,18)(H,17,19). The summed E-state index contributed by atoms with van der Waals surface area (Å²) >= 11 is 1.70. The number of rotatable bonds is 5. The Kier molecular flexibility index (Phi) is 5.43. The van der Waals surface area contributed by atoms with Crippen LogP contribution in [-0.4, -0.2) is 36.0 Å². The maximum atomic E-state index is 12.0. The van der Waals surface area contributed by atoms with Crippen LogP contribution in [0.25, 0.3) is 0 Å². The van der Waals surface area contributed by atoms with Gasteiger partial charge in [0.05, 0.1) is 6.04 Å². The van der Waals surface area contributed by atoms with Gasteiger partial charge in [-0.05, 0) is 24.6 Å². The first-order valence-electron chi connectivity index (χ1n) is 6.71. The van der Waals surface area contributed by atoms with E-state index < -0.39 is 0 Å². The number of hydrogen-bond donors (Lipinski definition) is 3. The molecule has 0 aromatic heterocycles. The second-order valence-electron chi connectivity index (χ2n) is 4.60. The number of benzene rings is 1. The van der Waals surface area contributed by atoms with Crippen molar-refractivity contribution >= 4 is 29.3 Å². The number of nitrogens with one attached hydrogen (secondary N) is 3. The lowest BCUT2D eigenvalue weighted by atomic mass is 10.1. The molecule has 1 aliphatic heterocycles. The number of anilines is 1. The third-order valence-electron chi connectivity index (χ3n) is 2.96. The minimum Gasteiger partial charge on any atom is -0.352 e. The number of carbonyl (C=O) groups is 2. The molecule has 0 aliphatic carbocycles. The molecule has 1 atom stereocenters. The summed E-state index contributed by atoms with van der Waals surface area (Å²) in [5.74, 6) is 1.42. The lowest BCUT2D eigenvalue weighted by molar-refractivity contribution is -0.117. The van der Waals surface area contributed by atoms with Gasteiger partial charge < -0.3 is 10.6 Å². The molecule has 3 N–H and O–H groups in total. The van der Waals surface area contributed by atoms with Gasteiger partial charge in [-0.3, -0.25) is 14.9 Å². The van der Waals surface area contributed by atoms with Gasteiger partial charge in [0, 0.05) is 29.4 Å². The van der Waals surface area contributed by atoms with Crippen LogP contribution in [0.15, 0.2) is 24.3 Å². The lowest BCUT2D eigenvalue weighted by Gasteiger charge is -2.11. The fourth-order valence-corrected chi connectivity index (χ4v) is 2.81. The third kappa shape index (κ3) is 3.98. The van der Waals surface area contributed by atoms with E-state index in [1.807, 2.05) is 6.92 Å². The molecule has 0 saturated carbocycles. The second-order valence-corrected chi connectivity index (χ2v) is 5.63. The molecule has 1 saturated heterocycles. The van der Waals surface area contributed by atoms with Gasteiger partial charge in [-0.15, -0.1) is 11.8 Å². The SMILES string of the molecule is CCCNC(=O)c1cccc(NC(=O)C2CSCN2)c1. The maximum absolute atomic E-state index is 12.0. The zero-order valence-corrected chi connectivity index (χ0v) is 12.3. The van der Waals surface area contributed by atoms with E-state index in [1.165, 1.54) is 0 Å². The molecular formula is C14H19N3O2S. The van der Waals surface area contributed by atoms with E-state index in [-0.39, 0.29) is 17.9 Å². The van der Waals surface area contributed by atoms with Gasteiger partial charge in [0.2, 0.25) is 5.91 Å². The first-order valence-corrected chi connectivity index (χ1v) is 7.86. The Hall–Kier alpha value is -1.53. The second kappa shape index (κ2) is 7.31. The van der Waals surface area contributed by atoms with Crippen molar-refractivity contribution in [2.45, 2.75) is 19.4 Å². The highest BCUT2D eigenvalue weighted by Crippen LogP contribution is 2.14. The molecule has 6 heteroatoms. The van der Waals surface area contributed by atoms with Crippen LogP contribution in [0, 0.1) is 0 Å². The van der Waals surface area contributed by atoms with E-state index >= 15 is 0 Å². The predicted octanol–water partition coefficient (Wildman–Crippen LogP) is 1.43. The van der Waals surface area contributed by atoms with Crippen molar-refractivity contribution in [2.75, 3.05) is 23.5 Å². The molecule has 1 unspecified atom stereocenters. The van der Waals surface area contributed by atoms with Gasteiger partial charge in [0.15, 0.2) is 0 Å². The molecule has 1 heterocycles. The average molecular weight is 293 g/mol. The summed E-state index contributed by atoms with van der Waals surface area (Å²) in [7, 11) is 0. The van der Waals surface area contributed by atoms with Crippen molar-refractivity contribution < 1.29 is 9.59 Å². The minimum atomic E-state index is -0.155. The van der Waals surface area contributed by atoms with E-state index in [0.29, 0.717) is 17.8 Å². The number of amides is 2. The summed E-state index contributed by atoms with van der Waals surface area (Å²) in [4.78, 5) is 23.8. The quantitative estimate of drug-likeness (QED) is 0.768. The number of carbonyl (C=O) groups excluding carboxylic acids is 2. The summed E-state index contributed by atoms with van der Waals surface area (Å²) < 4.78 is 0. The Bertz CT molecular complexity index is 487. The maximum Gasteiger partial charge on any atom is 0.251 e. The summed E-state index contributed by atoms with van der Waals surface area (Å²) in [6.45, 7) is 2.65. The van der Waals surface area contributed by atoms with Crippen molar-refractivity contribution in [2.24, 2.45) is 0 Å². The Labute approximate surface area is 122 Å². The van der Waals surface area contributed by atoms with Gasteiger partial charge >= 0.3 is 0 Å². The average Bonchev–Trinajstić information content (AvgIpc) is 2.99. The smallest absolute Gasteiger partial charge is 0.251 e. The molecule has 1 aliphatic rings. The van der Waals surface area contributed by atoms with Crippen LogP contribution in [-0.2, 0) is 4.79 Å². The number of thioether (sulfide) groups is 1. The highest BCUT2D eigenvalue weighted by atomic mass is 32.2. The monoisotopic (exact) mass is 293 g/mol. The number of hydrogen-bond acceptors (Lipinski definition) is 4. The van der Waals surface area contributed by atoms with Crippen molar-refractivity contribution in [3.8, 4) is 0 Å². The largest absolute Gasteiger partial charge is 0.352 e. The Morgan fingerprint density at radius 2 is 2.30 bits per heavy atom. The van der Waals surface area contributed by atoms with Crippen LogP contribution < -0.4 is 16.0 Å². The molecule has 1 aromatic rings. The van der Waals surface area contributed by atoms with E-state index in [2.05, 4.69) is 16.0 Å². The molecule has 2 amide bonds. The van der Waals surface area contributed by atoms with Crippen LogP contribution in [0.5, 0.6) is 0 Å².